The fraction of sp³-hybridized carbons (Fsp3) is 0.786. The second kappa shape index (κ2) is 6.07. The zero-order chi connectivity index (χ0) is 12.1. The second-order valence-electron chi connectivity index (χ2n) is 5.32. The van der Waals surface area contributed by atoms with E-state index in [0.717, 1.165) is 38.4 Å². The molecule has 3 heteroatoms. The molecule has 1 heterocycles. The van der Waals surface area contributed by atoms with E-state index in [1.54, 1.807) is 0 Å². The molecule has 0 aromatic carbocycles. The van der Waals surface area contributed by atoms with E-state index in [-0.39, 0.29) is 5.91 Å². The summed E-state index contributed by atoms with van der Waals surface area (Å²) in [5.41, 5.74) is 0. The van der Waals surface area contributed by atoms with E-state index in [0.29, 0.717) is 18.9 Å². The molecule has 0 aromatic heterocycles. The average Bonchev–Trinajstić information content (AvgIpc) is 3.14. The first-order chi connectivity index (χ1) is 8.29. The summed E-state index contributed by atoms with van der Waals surface area (Å²) in [6.45, 7) is 3.47. The highest BCUT2D eigenvalue weighted by atomic mass is 16.2. The van der Waals surface area contributed by atoms with Crippen LogP contribution in [0.15, 0.2) is 0 Å². The number of hydrogen-bond donors (Lipinski definition) is 1. The fourth-order valence-electron chi connectivity index (χ4n) is 2.44. The molecule has 0 unspecified atom stereocenters. The second-order valence-corrected chi connectivity index (χ2v) is 5.32. The van der Waals surface area contributed by atoms with Crippen molar-refractivity contribution in [3.63, 3.8) is 0 Å². The van der Waals surface area contributed by atoms with Crippen LogP contribution in [0.3, 0.4) is 0 Å². The van der Waals surface area contributed by atoms with Crippen LogP contribution < -0.4 is 5.32 Å². The summed E-state index contributed by atoms with van der Waals surface area (Å²) in [6.07, 6.45) is 10.8. The number of piperidine rings is 1. The molecule has 1 aliphatic heterocycles. The molecule has 0 atom stereocenters. The van der Waals surface area contributed by atoms with Crippen molar-refractivity contribution in [1.29, 1.82) is 0 Å². The maximum absolute atomic E-state index is 12.2. The highest BCUT2D eigenvalue weighted by Gasteiger charge is 2.27. The van der Waals surface area contributed by atoms with Gasteiger partial charge in [-0.15, -0.1) is 6.42 Å². The topological polar surface area (TPSA) is 32.3 Å². The Morgan fingerprint density at radius 1 is 1.24 bits per heavy atom. The summed E-state index contributed by atoms with van der Waals surface area (Å²) < 4.78 is 0. The molecular weight excluding hydrogens is 212 g/mol. The van der Waals surface area contributed by atoms with Crippen molar-refractivity contribution in [2.75, 3.05) is 26.2 Å². The molecule has 3 nitrogen and oxygen atoms in total. The molecule has 2 fully saturated rings. The summed E-state index contributed by atoms with van der Waals surface area (Å²) >= 11 is 0. The number of carbonyl (C=O) groups excluding carboxylic acids is 1. The van der Waals surface area contributed by atoms with Crippen molar-refractivity contribution in [3.05, 3.63) is 0 Å². The van der Waals surface area contributed by atoms with Gasteiger partial charge in [-0.05, 0) is 50.6 Å². The van der Waals surface area contributed by atoms with Gasteiger partial charge in [-0.25, -0.2) is 0 Å². The summed E-state index contributed by atoms with van der Waals surface area (Å²) in [7, 11) is 0. The number of rotatable bonds is 5. The van der Waals surface area contributed by atoms with Crippen molar-refractivity contribution >= 4 is 5.91 Å². The molecule has 1 saturated carbocycles. The Kier molecular flexibility index (Phi) is 4.44. The first-order valence-corrected chi connectivity index (χ1v) is 6.71. The van der Waals surface area contributed by atoms with Crippen molar-refractivity contribution in [3.8, 4) is 12.3 Å². The number of nitrogens with zero attached hydrogens (tertiary/aromatic N) is 1. The van der Waals surface area contributed by atoms with Gasteiger partial charge in [-0.3, -0.25) is 4.79 Å². The van der Waals surface area contributed by atoms with E-state index in [1.807, 2.05) is 4.90 Å². The Morgan fingerprint density at radius 2 is 1.94 bits per heavy atom. The molecule has 0 radical (unpaired) electrons. The van der Waals surface area contributed by atoms with Gasteiger partial charge in [0.2, 0.25) is 5.91 Å². The third-order valence-corrected chi connectivity index (χ3v) is 3.73. The van der Waals surface area contributed by atoms with Crippen LogP contribution in [0, 0.1) is 24.2 Å². The third-order valence-electron chi connectivity index (χ3n) is 3.73. The minimum atomic E-state index is 0.266. The molecule has 0 spiro atoms. The van der Waals surface area contributed by atoms with Gasteiger partial charge in [0.25, 0.3) is 0 Å². The minimum absolute atomic E-state index is 0.266. The molecular formula is C14H22N2O. The molecule has 0 bridgehead atoms. The predicted octanol–water partition coefficient (Wildman–Crippen LogP) is 1.25. The average molecular weight is 234 g/mol. The van der Waals surface area contributed by atoms with Gasteiger partial charge in [0.15, 0.2) is 0 Å². The first kappa shape index (κ1) is 12.4. The molecule has 2 rings (SSSR count). The molecule has 0 aromatic rings. The lowest BCUT2D eigenvalue weighted by molar-refractivity contribution is -0.132. The summed E-state index contributed by atoms with van der Waals surface area (Å²) in [5.74, 6) is 4.16. The van der Waals surface area contributed by atoms with Gasteiger partial charge in [-0.2, -0.15) is 0 Å². The van der Waals surface area contributed by atoms with Crippen LogP contribution in [0.25, 0.3) is 0 Å². The summed E-state index contributed by atoms with van der Waals surface area (Å²) in [5, 5.41) is 3.33. The molecule has 94 valence electrons. The van der Waals surface area contributed by atoms with Gasteiger partial charge in [-0.1, -0.05) is 5.92 Å². The number of terminal acetylenes is 1. The maximum Gasteiger partial charge on any atom is 0.223 e. The van der Waals surface area contributed by atoms with Crippen molar-refractivity contribution < 1.29 is 4.79 Å². The zero-order valence-corrected chi connectivity index (χ0v) is 10.5. The van der Waals surface area contributed by atoms with Gasteiger partial charge >= 0.3 is 0 Å². The highest BCUT2D eigenvalue weighted by Crippen LogP contribution is 2.30. The molecule has 1 N–H and O–H groups in total. The number of carbonyl (C=O) groups is 1. The predicted molar refractivity (Wildman–Crippen MR) is 68.3 cm³/mol. The first-order valence-electron chi connectivity index (χ1n) is 6.71. The fourth-order valence-corrected chi connectivity index (χ4v) is 2.44. The Hall–Kier alpha value is -1.01. The van der Waals surface area contributed by atoms with Crippen molar-refractivity contribution in [2.45, 2.75) is 32.1 Å². The summed E-state index contributed by atoms with van der Waals surface area (Å²) in [6, 6.07) is 0. The van der Waals surface area contributed by atoms with E-state index in [9.17, 15) is 4.79 Å². The number of nitrogens with one attached hydrogen (secondary N) is 1. The minimum Gasteiger partial charge on any atom is -0.331 e. The Bertz CT molecular complexity index is 298. The standard InChI is InChI=1S/C14H22N2O/c1-2-9-16(11-13-3-4-13)14(17)10-12-5-7-15-8-6-12/h1,12-13,15H,3-11H2. The quantitative estimate of drug-likeness (QED) is 0.726. The zero-order valence-electron chi connectivity index (χ0n) is 10.5. The Morgan fingerprint density at radius 3 is 2.53 bits per heavy atom. The SMILES string of the molecule is C#CCN(CC1CC1)C(=O)CC1CCNCC1. The molecule has 1 amide bonds. The van der Waals surface area contributed by atoms with Gasteiger partial charge in [0, 0.05) is 13.0 Å². The largest absolute Gasteiger partial charge is 0.331 e. The van der Waals surface area contributed by atoms with E-state index >= 15 is 0 Å². The Labute approximate surface area is 104 Å². The number of amides is 1. The van der Waals surface area contributed by atoms with Crippen molar-refractivity contribution in [2.24, 2.45) is 11.8 Å². The third kappa shape index (κ3) is 4.05. The summed E-state index contributed by atoms with van der Waals surface area (Å²) in [4.78, 5) is 14.1. The Balaban J connectivity index is 1.79. The van der Waals surface area contributed by atoms with Crippen LogP contribution in [0.5, 0.6) is 0 Å². The van der Waals surface area contributed by atoms with Crippen LogP contribution in [0.4, 0.5) is 0 Å². The van der Waals surface area contributed by atoms with Gasteiger partial charge < -0.3 is 10.2 Å². The van der Waals surface area contributed by atoms with Crippen LogP contribution in [0.1, 0.15) is 32.1 Å². The van der Waals surface area contributed by atoms with Gasteiger partial charge in [0.05, 0.1) is 6.54 Å². The van der Waals surface area contributed by atoms with E-state index in [1.165, 1.54) is 12.8 Å². The highest BCUT2D eigenvalue weighted by molar-refractivity contribution is 5.76. The molecule has 17 heavy (non-hydrogen) atoms. The van der Waals surface area contributed by atoms with Gasteiger partial charge in [0.1, 0.15) is 0 Å². The molecule has 1 aliphatic carbocycles. The van der Waals surface area contributed by atoms with Crippen LogP contribution in [-0.2, 0) is 4.79 Å². The van der Waals surface area contributed by atoms with Crippen LogP contribution in [0.2, 0.25) is 0 Å². The lowest BCUT2D eigenvalue weighted by Crippen LogP contribution is -2.36. The smallest absolute Gasteiger partial charge is 0.223 e. The molecule has 2 aliphatic rings. The van der Waals surface area contributed by atoms with Crippen molar-refractivity contribution in [1.82, 2.24) is 10.2 Å². The van der Waals surface area contributed by atoms with E-state index < -0.39 is 0 Å². The molecule has 1 saturated heterocycles. The van der Waals surface area contributed by atoms with Crippen LogP contribution in [-0.4, -0.2) is 37.0 Å². The number of hydrogen-bond acceptors (Lipinski definition) is 2. The van der Waals surface area contributed by atoms with E-state index in [4.69, 9.17) is 6.42 Å². The maximum atomic E-state index is 12.2. The normalized spacial score (nSPS) is 20.9. The van der Waals surface area contributed by atoms with Crippen LogP contribution >= 0.6 is 0 Å². The lowest BCUT2D eigenvalue weighted by Gasteiger charge is -2.26. The van der Waals surface area contributed by atoms with E-state index in [2.05, 4.69) is 11.2 Å². The lowest BCUT2D eigenvalue weighted by atomic mass is 9.94. The monoisotopic (exact) mass is 234 g/mol.